The van der Waals surface area contributed by atoms with Crippen molar-refractivity contribution >= 4 is 43.4 Å². The predicted octanol–water partition coefficient (Wildman–Crippen LogP) is 3.92. The normalized spacial score (nSPS) is 11.3. The lowest BCUT2D eigenvalue weighted by atomic mass is 10.1. The van der Waals surface area contributed by atoms with Crippen LogP contribution in [0.3, 0.4) is 0 Å². The van der Waals surface area contributed by atoms with Crippen LogP contribution in [0.1, 0.15) is 0 Å². The standard InChI is InChI=1S/C16H11BrN4/c17-11-7-12-13(18)5-6-15(16(12)19-9-11)21-14-4-2-1-3-10(14)8-20-21/h1-9H,18H2. The van der Waals surface area contributed by atoms with Crippen LogP contribution >= 0.6 is 15.9 Å². The molecular formula is C16H11BrN4. The highest BCUT2D eigenvalue weighted by atomic mass is 79.9. The van der Waals surface area contributed by atoms with Crippen LogP contribution in [0.2, 0.25) is 0 Å². The van der Waals surface area contributed by atoms with E-state index in [2.05, 4.69) is 26.0 Å². The first kappa shape index (κ1) is 12.3. The van der Waals surface area contributed by atoms with Crippen LogP contribution in [0.5, 0.6) is 0 Å². The van der Waals surface area contributed by atoms with E-state index in [1.54, 1.807) is 6.20 Å². The van der Waals surface area contributed by atoms with Crippen LogP contribution in [0.4, 0.5) is 5.69 Å². The Labute approximate surface area is 129 Å². The van der Waals surface area contributed by atoms with Crippen molar-refractivity contribution in [2.45, 2.75) is 0 Å². The number of nitrogen functional groups attached to an aromatic ring is 1. The lowest BCUT2D eigenvalue weighted by Crippen LogP contribution is -2.00. The van der Waals surface area contributed by atoms with Crippen molar-refractivity contribution in [1.82, 2.24) is 14.8 Å². The quantitative estimate of drug-likeness (QED) is 0.535. The Morgan fingerprint density at radius 3 is 2.81 bits per heavy atom. The van der Waals surface area contributed by atoms with E-state index in [0.29, 0.717) is 5.69 Å². The summed E-state index contributed by atoms with van der Waals surface area (Å²) < 4.78 is 2.81. The van der Waals surface area contributed by atoms with Gasteiger partial charge in [-0.2, -0.15) is 5.10 Å². The van der Waals surface area contributed by atoms with E-state index < -0.39 is 0 Å². The van der Waals surface area contributed by atoms with Gasteiger partial charge >= 0.3 is 0 Å². The molecule has 4 rings (SSSR count). The zero-order valence-electron chi connectivity index (χ0n) is 11.0. The molecule has 0 saturated carbocycles. The number of benzene rings is 2. The third kappa shape index (κ3) is 1.89. The number of nitrogens with two attached hydrogens (primary N) is 1. The van der Waals surface area contributed by atoms with Gasteiger partial charge in [0.25, 0.3) is 0 Å². The smallest absolute Gasteiger partial charge is 0.0980 e. The van der Waals surface area contributed by atoms with Gasteiger partial charge in [0, 0.05) is 27.1 Å². The maximum absolute atomic E-state index is 6.07. The average molecular weight is 339 g/mol. The van der Waals surface area contributed by atoms with Crippen LogP contribution in [-0.2, 0) is 0 Å². The molecule has 2 heterocycles. The molecule has 0 bridgehead atoms. The Morgan fingerprint density at radius 2 is 1.90 bits per heavy atom. The van der Waals surface area contributed by atoms with Gasteiger partial charge in [0.15, 0.2) is 0 Å². The number of hydrogen-bond acceptors (Lipinski definition) is 3. The van der Waals surface area contributed by atoms with E-state index in [1.807, 2.05) is 53.3 Å². The first-order chi connectivity index (χ1) is 10.2. The molecule has 4 aromatic rings. The highest BCUT2D eigenvalue weighted by molar-refractivity contribution is 9.10. The van der Waals surface area contributed by atoms with E-state index in [0.717, 1.165) is 32.0 Å². The molecule has 0 spiro atoms. The minimum absolute atomic E-state index is 0.707. The summed E-state index contributed by atoms with van der Waals surface area (Å²) in [4.78, 5) is 4.52. The lowest BCUT2D eigenvalue weighted by molar-refractivity contribution is 0.915. The summed E-state index contributed by atoms with van der Waals surface area (Å²) in [5.74, 6) is 0. The average Bonchev–Trinajstić information content (AvgIpc) is 2.92. The van der Waals surface area contributed by atoms with Crippen molar-refractivity contribution in [3.8, 4) is 5.69 Å². The molecule has 0 unspecified atom stereocenters. The molecular weight excluding hydrogens is 328 g/mol. The van der Waals surface area contributed by atoms with E-state index in [1.165, 1.54) is 0 Å². The summed E-state index contributed by atoms with van der Waals surface area (Å²) in [5, 5.41) is 6.51. The van der Waals surface area contributed by atoms with Crippen LogP contribution in [0.25, 0.3) is 27.5 Å². The van der Waals surface area contributed by atoms with Crippen LogP contribution in [0, 0.1) is 0 Å². The Bertz CT molecular complexity index is 975. The molecule has 0 aliphatic rings. The molecule has 2 aromatic heterocycles. The zero-order chi connectivity index (χ0) is 14.4. The molecule has 2 N–H and O–H groups in total. The molecule has 0 saturated heterocycles. The maximum Gasteiger partial charge on any atom is 0.0980 e. The molecule has 2 aromatic carbocycles. The molecule has 21 heavy (non-hydrogen) atoms. The van der Waals surface area contributed by atoms with Gasteiger partial charge in [-0.25, -0.2) is 4.68 Å². The molecule has 0 fully saturated rings. The summed E-state index contributed by atoms with van der Waals surface area (Å²) in [6, 6.07) is 13.9. The summed E-state index contributed by atoms with van der Waals surface area (Å²) >= 11 is 3.44. The van der Waals surface area contributed by atoms with Crippen molar-refractivity contribution in [2.24, 2.45) is 0 Å². The molecule has 0 atom stereocenters. The fraction of sp³-hybridized carbons (Fsp3) is 0. The van der Waals surface area contributed by atoms with E-state index >= 15 is 0 Å². The predicted molar refractivity (Wildman–Crippen MR) is 88.5 cm³/mol. The first-order valence-electron chi connectivity index (χ1n) is 6.51. The molecule has 102 valence electrons. The molecule has 5 heteroatoms. The number of pyridine rings is 1. The molecule has 0 radical (unpaired) electrons. The van der Waals surface area contributed by atoms with Crippen molar-refractivity contribution in [3.63, 3.8) is 0 Å². The fourth-order valence-corrected chi connectivity index (χ4v) is 2.87. The second kappa shape index (κ2) is 4.56. The fourth-order valence-electron chi connectivity index (χ4n) is 2.54. The third-order valence-electron chi connectivity index (χ3n) is 3.53. The number of para-hydroxylation sites is 1. The Hall–Kier alpha value is -2.40. The lowest BCUT2D eigenvalue weighted by Gasteiger charge is -2.09. The number of fused-ring (bicyclic) bond motifs is 2. The third-order valence-corrected chi connectivity index (χ3v) is 3.97. The van der Waals surface area contributed by atoms with Gasteiger partial charge in [-0.1, -0.05) is 18.2 Å². The molecule has 4 nitrogen and oxygen atoms in total. The van der Waals surface area contributed by atoms with Gasteiger partial charge in [0.2, 0.25) is 0 Å². The van der Waals surface area contributed by atoms with Gasteiger partial charge in [-0.3, -0.25) is 4.98 Å². The topological polar surface area (TPSA) is 56.7 Å². The highest BCUT2D eigenvalue weighted by Crippen LogP contribution is 2.29. The zero-order valence-corrected chi connectivity index (χ0v) is 12.6. The van der Waals surface area contributed by atoms with E-state index in [4.69, 9.17) is 5.73 Å². The Balaban J connectivity index is 2.09. The second-order valence-corrected chi connectivity index (χ2v) is 5.75. The summed E-state index contributed by atoms with van der Waals surface area (Å²) in [6.45, 7) is 0. The van der Waals surface area contributed by atoms with Crippen molar-refractivity contribution in [1.29, 1.82) is 0 Å². The van der Waals surface area contributed by atoms with E-state index in [9.17, 15) is 0 Å². The molecule has 0 amide bonds. The van der Waals surface area contributed by atoms with Crippen molar-refractivity contribution in [3.05, 3.63) is 59.3 Å². The number of rotatable bonds is 1. The molecule has 0 aliphatic carbocycles. The van der Waals surface area contributed by atoms with E-state index in [-0.39, 0.29) is 0 Å². The second-order valence-electron chi connectivity index (χ2n) is 4.84. The summed E-state index contributed by atoms with van der Waals surface area (Å²) in [5.41, 5.74) is 9.59. The van der Waals surface area contributed by atoms with Crippen LogP contribution < -0.4 is 5.73 Å². The van der Waals surface area contributed by atoms with Crippen molar-refractivity contribution < 1.29 is 0 Å². The van der Waals surface area contributed by atoms with Gasteiger partial charge in [0.05, 0.1) is 22.9 Å². The Morgan fingerprint density at radius 1 is 1.05 bits per heavy atom. The van der Waals surface area contributed by atoms with Gasteiger partial charge in [-0.05, 0) is 40.2 Å². The Kier molecular flexibility index (Phi) is 2.68. The van der Waals surface area contributed by atoms with Gasteiger partial charge in [0.1, 0.15) is 0 Å². The number of aromatic nitrogens is 3. The summed E-state index contributed by atoms with van der Waals surface area (Å²) in [7, 11) is 0. The number of anilines is 1. The van der Waals surface area contributed by atoms with Gasteiger partial charge < -0.3 is 5.73 Å². The first-order valence-corrected chi connectivity index (χ1v) is 7.30. The number of hydrogen-bond donors (Lipinski definition) is 1. The van der Waals surface area contributed by atoms with Crippen molar-refractivity contribution in [2.75, 3.05) is 5.73 Å². The van der Waals surface area contributed by atoms with Gasteiger partial charge in [-0.15, -0.1) is 0 Å². The maximum atomic E-state index is 6.07. The highest BCUT2D eigenvalue weighted by Gasteiger charge is 2.11. The van der Waals surface area contributed by atoms with Crippen LogP contribution in [0.15, 0.2) is 59.3 Å². The number of halogens is 1. The minimum atomic E-state index is 0.707. The largest absolute Gasteiger partial charge is 0.398 e. The van der Waals surface area contributed by atoms with Crippen LogP contribution in [-0.4, -0.2) is 14.8 Å². The SMILES string of the molecule is Nc1ccc(-n2ncc3ccccc32)c2ncc(Br)cc12. The number of nitrogens with zero attached hydrogens (tertiary/aromatic N) is 3. The summed E-state index contributed by atoms with van der Waals surface area (Å²) in [6.07, 6.45) is 3.63. The monoisotopic (exact) mass is 338 g/mol. The molecule has 0 aliphatic heterocycles. The minimum Gasteiger partial charge on any atom is -0.398 e.